The molecule has 1 aromatic carbocycles. The Morgan fingerprint density at radius 1 is 1.07 bits per heavy atom. The lowest BCUT2D eigenvalue weighted by molar-refractivity contribution is 1.01. The minimum Gasteiger partial charge on any atom is -0.307 e. The van der Waals surface area contributed by atoms with E-state index in [-0.39, 0.29) is 5.56 Å². The van der Waals surface area contributed by atoms with Crippen molar-refractivity contribution in [1.82, 2.24) is 9.97 Å². The van der Waals surface area contributed by atoms with Gasteiger partial charge < -0.3 is 4.98 Å². The second-order valence-electron chi connectivity index (χ2n) is 3.60. The number of hydrogen-bond acceptors (Lipinski definition) is 2. The molecule has 0 radical (unpaired) electrons. The molecule has 1 heterocycles. The van der Waals surface area contributed by atoms with Crippen LogP contribution in [0.1, 0.15) is 11.1 Å². The lowest BCUT2D eigenvalue weighted by Gasteiger charge is -1.97. The first-order valence-electron chi connectivity index (χ1n) is 4.69. The first-order valence-corrected chi connectivity index (χ1v) is 4.69. The fraction of sp³-hybridized carbons (Fsp3) is 0.0909. The molecular weight excluding hydrogens is 192 g/mol. The molecule has 1 aliphatic rings. The molecule has 0 bridgehead atoms. The lowest BCUT2D eigenvalue weighted by atomic mass is 10.1. The maximum absolute atomic E-state index is 11.5. The molecule has 0 unspecified atom stereocenters. The summed E-state index contributed by atoms with van der Waals surface area (Å²) in [4.78, 5) is 27.6. The lowest BCUT2D eigenvalue weighted by Crippen LogP contribution is -2.24. The molecule has 15 heavy (non-hydrogen) atoms. The van der Waals surface area contributed by atoms with E-state index in [1.54, 1.807) is 0 Å². The molecule has 2 aromatic rings. The van der Waals surface area contributed by atoms with Crippen LogP contribution in [0.4, 0.5) is 0 Å². The number of nitrogens with one attached hydrogen (secondary N) is 2. The average Bonchev–Trinajstić information content (AvgIpc) is 2.57. The van der Waals surface area contributed by atoms with Gasteiger partial charge in [-0.15, -0.1) is 0 Å². The van der Waals surface area contributed by atoms with Gasteiger partial charge in [0.1, 0.15) is 0 Å². The van der Waals surface area contributed by atoms with Gasteiger partial charge in [0.2, 0.25) is 0 Å². The highest BCUT2D eigenvalue weighted by Crippen LogP contribution is 2.31. The number of aromatic nitrogens is 2. The van der Waals surface area contributed by atoms with Crippen LogP contribution in [0.5, 0.6) is 0 Å². The van der Waals surface area contributed by atoms with Crippen LogP contribution in [-0.2, 0) is 6.42 Å². The molecule has 0 aliphatic heterocycles. The van der Waals surface area contributed by atoms with Crippen LogP contribution in [0.3, 0.4) is 0 Å². The Balaban J connectivity index is 2.43. The average molecular weight is 200 g/mol. The number of hydrogen-bond donors (Lipinski definition) is 2. The van der Waals surface area contributed by atoms with Gasteiger partial charge in [-0.2, -0.15) is 0 Å². The SMILES string of the molecule is O=c1[nH]c2c(c(=O)[nH]1)Cc1ccccc1-2. The van der Waals surface area contributed by atoms with Gasteiger partial charge in [-0.1, -0.05) is 24.3 Å². The summed E-state index contributed by atoms with van der Waals surface area (Å²) in [6, 6.07) is 7.70. The van der Waals surface area contributed by atoms with Crippen LogP contribution in [0.25, 0.3) is 11.3 Å². The van der Waals surface area contributed by atoms with E-state index in [2.05, 4.69) is 9.97 Å². The van der Waals surface area contributed by atoms with E-state index in [9.17, 15) is 9.59 Å². The zero-order valence-electron chi connectivity index (χ0n) is 7.83. The molecule has 1 aromatic heterocycles. The van der Waals surface area contributed by atoms with Crippen LogP contribution in [0.2, 0.25) is 0 Å². The maximum atomic E-state index is 11.5. The summed E-state index contributed by atoms with van der Waals surface area (Å²) in [5, 5.41) is 0. The van der Waals surface area contributed by atoms with E-state index in [0.717, 1.165) is 11.1 Å². The van der Waals surface area contributed by atoms with Crippen LogP contribution in [0, 0.1) is 0 Å². The zero-order chi connectivity index (χ0) is 10.4. The molecule has 0 saturated heterocycles. The molecule has 0 atom stereocenters. The Hall–Kier alpha value is -2.10. The van der Waals surface area contributed by atoms with Gasteiger partial charge in [0.05, 0.1) is 5.69 Å². The van der Waals surface area contributed by atoms with Crippen LogP contribution >= 0.6 is 0 Å². The molecule has 3 rings (SSSR count). The fourth-order valence-corrected chi connectivity index (χ4v) is 2.02. The fourth-order valence-electron chi connectivity index (χ4n) is 2.02. The second kappa shape index (κ2) is 2.70. The second-order valence-corrected chi connectivity index (χ2v) is 3.60. The van der Waals surface area contributed by atoms with Gasteiger partial charge in [0, 0.05) is 17.5 Å². The Labute approximate surface area is 84.6 Å². The maximum Gasteiger partial charge on any atom is 0.326 e. The summed E-state index contributed by atoms with van der Waals surface area (Å²) in [6.45, 7) is 0. The highest BCUT2D eigenvalue weighted by Gasteiger charge is 2.21. The van der Waals surface area contributed by atoms with Crippen molar-refractivity contribution in [2.24, 2.45) is 0 Å². The van der Waals surface area contributed by atoms with Crippen molar-refractivity contribution in [3.63, 3.8) is 0 Å². The standard InChI is InChI=1S/C11H8N2O2/c14-10-8-5-6-3-1-2-4-7(6)9(8)12-11(15)13-10/h1-4H,5H2,(H2,12,13,14,15). The highest BCUT2D eigenvalue weighted by atomic mass is 16.2. The third kappa shape index (κ3) is 1.08. The highest BCUT2D eigenvalue weighted by molar-refractivity contribution is 5.72. The topological polar surface area (TPSA) is 65.7 Å². The summed E-state index contributed by atoms with van der Waals surface area (Å²) in [6.07, 6.45) is 0.595. The number of benzene rings is 1. The van der Waals surface area contributed by atoms with E-state index >= 15 is 0 Å². The van der Waals surface area contributed by atoms with E-state index in [0.29, 0.717) is 17.7 Å². The summed E-state index contributed by atoms with van der Waals surface area (Å²) in [5.74, 6) is 0. The first-order chi connectivity index (χ1) is 7.25. The largest absolute Gasteiger partial charge is 0.326 e. The Morgan fingerprint density at radius 3 is 2.73 bits per heavy atom. The molecule has 4 heteroatoms. The van der Waals surface area contributed by atoms with Crippen LogP contribution in [0.15, 0.2) is 33.9 Å². The smallest absolute Gasteiger partial charge is 0.307 e. The van der Waals surface area contributed by atoms with Crippen LogP contribution in [-0.4, -0.2) is 9.97 Å². The van der Waals surface area contributed by atoms with Gasteiger partial charge in [-0.3, -0.25) is 9.78 Å². The molecular formula is C11H8N2O2. The van der Waals surface area contributed by atoms with Gasteiger partial charge in [0.25, 0.3) is 5.56 Å². The number of fused-ring (bicyclic) bond motifs is 3. The van der Waals surface area contributed by atoms with E-state index < -0.39 is 5.69 Å². The van der Waals surface area contributed by atoms with Gasteiger partial charge in [-0.25, -0.2) is 4.79 Å². The van der Waals surface area contributed by atoms with Gasteiger partial charge in [-0.05, 0) is 5.56 Å². The molecule has 0 saturated carbocycles. The summed E-state index contributed by atoms with van der Waals surface area (Å²) >= 11 is 0. The van der Waals surface area contributed by atoms with Gasteiger partial charge in [0.15, 0.2) is 0 Å². The summed E-state index contributed by atoms with van der Waals surface area (Å²) in [5.41, 5.74) is 2.62. The van der Waals surface area contributed by atoms with Crippen molar-refractivity contribution in [2.75, 3.05) is 0 Å². The summed E-state index contributed by atoms with van der Waals surface area (Å²) < 4.78 is 0. The minimum atomic E-state index is -0.449. The number of aromatic amines is 2. The van der Waals surface area contributed by atoms with E-state index in [1.807, 2.05) is 24.3 Å². The third-order valence-corrected chi connectivity index (χ3v) is 2.70. The predicted molar refractivity (Wildman–Crippen MR) is 55.9 cm³/mol. The van der Waals surface area contributed by atoms with Crippen molar-refractivity contribution in [2.45, 2.75) is 6.42 Å². The molecule has 4 nitrogen and oxygen atoms in total. The minimum absolute atomic E-state index is 0.287. The number of rotatable bonds is 0. The Bertz CT molecular complexity index is 652. The van der Waals surface area contributed by atoms with E-state index in [4.69, 9.17) is 0 Å². The van der Waals surface area contributed by atoms with Gasteiger partial charge >= 0.3 is 5.69 Å². The van der Waals surface area contributed by atoms with Crippen molar-refractivity contribution < 1.29 is 0 Å². The first kappa shape index (κ1) is 8.23. The van der Waals surface area contributed by atoms with E-state index in [1.165, 1.54) is 0 Å². The molecule has 1 aliphatic carbocycles. The number of H-pyrrole nitrogens is 2. The van der Waals surface area contributed by atoms with Crippen molar-refractivity contribution in [1.29, 1.82) is 0 Å². The zero-order valence-corrected chi connectivity index (χ0v) is 7.83. The molecule has 2 N–H and O–H groups in total. The molecule has 0 amide bonds. The quantitative estimate of drug-likeness (QED) is 0.559. The molecule has 0 fully saturated rings. The Morgan fingerprint density at radius 2 is 1.87 bits per heavy atom. The third-order valence-electron chi connectivity index (χ3n) is 2.70. The predicted octanol–water partition coefficient (Wildman–Crippen LogP) is 0.634. The molecule has 74 valence electrons. The molecule has 0 spiro atoms. The van der Waals surface area contributed by atoms with Crippen molar-refractivity contribution >= 4 is 0 Å². The summed E-state index contributed by atoms with van der Waals surface area (Å²) in [7, 11) is 0. The monoisotopic (exact) mass is 200 g/mol. The van der Waals surface area contributed by atoms with Crippen molar-refractivity contribution in [3.05, 3.63) is 56.2 Å². The Kier molecular flexibility index (Phi) is 1.48. The van der Waals surface area contributed by atoms with Crippen molar-refractivity contribution in [3.8, 4) is 11.3 Å². The van der Waals surface area contributed by atoms with Crippen LogP contribution < -0.4 is 11.2 Å². The normalized spacial score (nSPS) is 12.3.